The van der Waals surface area contributed by atoms with Crippen LogP contribution in [0.5, 0.6) is 5.75 Å². The largest absolute Gasteiger partial charge is 0.493 e. The van der Waals surface area contributed by atoms with E-state index in [-0.39, 0.29) is 6.04 Å². The van der Waals surface area contributed by atoms with Crippen molar-refractivity contribution in [1.29, 1.82) is 0 Å². The van der Waals surface area contributed by atoms with Crippen LogP contribution in [0.25, 0.3) is 0 Å². The Morgan fingerprint density at radius 2 is 1.80 bits per heavy atom. The lowest BCUT2D eigenvalue weighted by Crippen LogP contribution is -2.08. The molecular formula is C13H21NO. The minimum atomic E-state index is 0.143. The lowest BCUT2D eigenvalue weighted by atomic mass is 10.1. The summed E-state index contributed by atoms with van der Waals surface area (Å²) in [6.07, 6.45) is 0.964. The van der Waals surface area contributed by atoms with Crippen molar-refractivity contribution in [1.82, 2.24) is 0 Å². The molecule has 2 heteroatoms. The van der Waals surface area contributed by atoms with E-state index in [1.54, 1.807) is 0 Å². The average molecular weight is 207 g/mol. The molecule has 0 radical (unpaired) electrons. The van der Waals surface area contributed by atoms with Crippen LogP contribution in [0.15, 0.2) is 24.3 Å². The molecule has 0 saturated carbocycles. The molecule has 1 aromatic rings. The van der Waals surface area contributed by atoms with Crippen LogP contribution in [-0.4, -0.2) is 6.61 Å². The quantitative estimate of drug-likeness (QED) is 0.805. The van der Waals surface area contributed by atoms with Crippen molar-refractivity contribution in [2.24, 2.45) is 11.7 Å². The number of nitrogens with two attached hydrogens (primary N) is 1. The first kappa shape index (κ1) is 12.1. The van der Waals surface area contributed by atoms with E-state index < -0.39 is 0 Å². The second kappa shape index (κ2) is 5.76. The van der Waals surface area contributed by atoms with Crippen LogP contribution in [0.2, 0.25) is 0 Å². The second-order valence-corrected chi connectivity index (χ2v) is 4.29. The molecule has 15 heavy (non-hydrogen) atoms. The van der Waals surface area contributed by atoms with Gasteiger partial charge in [0, 0.05) is 6.04 Å². The number of hydrogen-bond acceptors (Lipinski definition) is 2. The predicted molar refractivity (Wildman–Crippen MR) is 64.0 cm³/mol. The Bertz CT molecular complexity index is 279. The van der Waals surface area contributed by atoms with E-state index in [0.717, 1.165) is 18.8 Å². The van der Waals surface area contributed by atoms with Crippen molar-refractivity contribution in [2.45, 2.75) is 33.2 Å². The van der Waals surface area contributed by atoms with Gasteiger partial charge in [0.1, 0.15) is 5.75 Å². The van der Waals surface area contributed by atoms with Crippen molar-refractivity contribution in [3.05, 3.63) is 29.8 Å². The molecule has 1 atom stereocenters. The Morgan fingerprint density at radius 3 is 2.27 bits per heavy atom. The molecule has 0 spiro atoms. The molecule has 0 aliphatic heterocycles. The van der Waals surface area contributed by atoms with Crippen molar-refractivity contribution >= 4 is 0 Å². The summed E-state index contributed by atoms with van der Waals surface area (Å²) in [6.45, 7) is 7.13. The van der Waals surface area contributed by atoms with Gasteiger partial charge in [-0.25, -0.2) is 0 Å². The van der Waals surface area contributed by atoms with Gasteiger partial charge in [0.05, 0.1) is 6.61 Å². The third-order valence-corrected chi connectivity index (χ3v) is 2.33. The Labute approximate surface area is 92.4 Å². The van der Waals surface area contributed by atoms with Gasteiger partial charge in [-0.3, -0.25) is 0 Å². The molecule has 0 aromatic heterocycles. The molecule has 0 aliphatic rings. The second-order valence-electron chi connectivity index (χ2n) is 4.29. The lowest BCUT2D eigenvalue weighted by Gasteiger charge is -2.11. The zero-order valence-corrected chi connectivity index (χ0v) is 9.86. The summed E-state index contributed by atoms with van der Waals surface area (Å²) in [7, 11) is 0. The molecule has 84 valence electrons. The number of benzene rings is 1. The van der Waals surface area contributed by atoms with E-state index in [1.165, 1.54) is 5.56 Å². The monoisotopic (exact) mass is 207 g/mol. The molecule has 0 amide bonds. The number of hydrogen-bond donors (Lipinski definition) is 1. The average Bonchev–Trinajstić information content (AvgIpc) is 2.26. The summed E-state index contributed by atoms with van der Waals surface area (Å²) in [4.78, 5) is 0. The summed E-state index contributed by atoms with van der Waals surface area (Å²) in [6, 6.07) is 8.22. The zero-order chi connectivity index (χ0) is 11.3. The maximum Gasteiger partial charge on any atom is 0.119 e. The lowest BCUT2D eigenvalue weighted by molar-refractivity contribution is 0.271. The van der Waals surface area contributed by atoms with E-state index in [0.29, 0.717) is 5.92 Å². The van der Waals surface area contributed by atoms with Gasteiger partial charge < -0.3 is 10.5 Å². The van der Waals surface area contributed by atoms with Gasteiger partial charge in [-0.15, -0.1) is 0 Å². The third kappa shape index (κ3) is 3.92. The Kier molecular flexibility index (Phi) is 4.63. The van der Waals surface area contributed by atoms with E-state index >= 15 is 0 Å². The molecule has 0 heterocycles. The van der Waals surface area contributed by atoms with Crippen molar-refractivity contribution in [3.8, 4) is 5.75 Å². The fraction of sp³-hybridized carbons (Fsp3) is 0.538. The van der Waals surface area contributed by atoms with Crippen LogP contribution in [0.3, 0.4) is 0 Å². The first-order chi connectivity index (χ1) is 7.13. The fourth-order valence-electron chi connectivity index (χ4n) is 1.31. The summed E-state index contributed by atoms with van der Waals surface area (Å²) in [5.41, 5.74) is 7.10. The molecule has 2 nitrogen and oxygen atoms in total. The first-order valence-electron chi connectivity index (χ1n) is 5.61. The number of ether oxygens (including phenoxy) is 1. The summed E-state index contributed by atoms with van der Waals surface area (Å²) in [5.74, 6) is 1.48. The van der Waals surface area contributed by atoms with Gasteiger partial charge in [-0.05, 0) is 30.0 Å². The van der Waals surface area contributed by atoms with Gasteiger partial charge in [0.25, 0.3) is 0 Å². The van der Waals surface area contributed by atoms with E-state index in [4.69, 9.17) is 10.5 Å². The molecule has 0 fully saturated rings. The molecule has 1 unspecified atom stereocenters. The van der Waals surface area contributed by atoms with Crippen LogP contribution < -0.4 is 10.5 Å². The van der Waals surface area contributed by atoms with Gasteiger partial charge in [0.2, 0.25) is 0 Å². The van der Waals surface area contributed by atoms with Crippen LogP contribution >= 0.6 is 0 Å². The van der Waals surface area contributed by atoms with E-state index in [2.05, 4.69) is 20.8 Å². The van der Waals surface area contributed by atoms with Gasteiger partial charge in [-0.2, -0.15) is 0 Å². The van der Waals surface area contributed by atoms with Crippen molar-refractivity contribution in [3.63, 3.8) is 0 Å². The first-order valence-corrected chi connectivity index (χ1v) is 5.61. The van der Waals surface area contributed by atoms with Gasteiger partial charge in [0.15, 0.2) is 0 Å². The number of rotatable bonds is 5. The molecule has 0 saturated heterocycles. The highest BCUT2D eigenvalue weighted by Crippen LogP contribution is 2.18. The highest BCUT2D eigenvalue weighted by molar-refractivity contribution is 5.28. The fourth-order valence-corrected chi connectivity index (χ4v) is 1.31. The Hall–Kier alpha value is -1.02. The van der Waals surface area contributed by atoms with Crippen LogP contribution in [-0.2, 0) is 0 Å². The standard InChI is InChI=1S/C13H21NO/c1-4-13(14)11-5-7-12(8-6-11)15-9-10(2)3/h5-8,10,13H,4,9,14H2,1-3H3. The summed E-state index contributed by atoms with van der Waals surface area (Å²) >= 11 is 0. The van der Waals surface area contributed by atoms with Crippen molar-refractivity contribution in [2.75, 3.05) is 6.61 Å². The molecule has 1 aromatic carbocycles. The minimum absolute atomic E-state index is 0.143. The maximum absolute atomic E-state index is 5.93. The highest BCUT2D eigenvalue weighted by Gasteiger charge is 2.03. The zero-order valence-electron chi connectivity index (χ0n) is 9.86. The predicted octanol–water partition coefficient (Wildman–Crippen LogP) is 3.13. The van der Waals surface area contributed by atoms with Gasteiger partial charge >= 0.3 is 0 Å². The molecular weight excluding hydrogens is 186 g/mol. The van der Waals surface area contributed by atoms with Crippen LogP contribution in [0.4, 0.5) is 0 Å². The smallest absolute Gasteiger partial charge is 0.119 e. The Morgan fingerprint density at radius 1 is 1.20 bits per heavy atom. The van der Waals surface area contributed by atoms with E-state index in [9.17, 15) is 0 Å². The highest BCUT2D eigenvalue weighted by atomic mass is 16.5. The van der Waals surface area contributed by atoms with Crippen molar-refractivity contribution < 1.29 is 4.74 Å². The maximum atomic E-state index is 5.93. The van der Waals surface area contributed by atoms with Gasteiger partial charge in [-0.1, -0.05) is 32.9 Å². The van der Waals surface area contributed by atoms with Crippen LogP contribution in [0, 0.1) is 5.92 Å². The molecule has 2 N–H and O–H groups in total. The SMILES string of the molecule is CCC(N)c1ccc(OCC(C)C)cc1. The molecule has 0 aliphatic carbocycles. The molecule has 0 bridgehead atoms. The summed E-state index contributed by atoms with van der Waals surface area (Å²) < 4.78 is 5.59. The normalized spacial score (nSPS) is 12.9. The molecule has 1 rings (SSSR count). The Balaban J connectivity index is 2.56. The van der Waals surface area contributed by atoms with E-state index in [1.807, 2.05) is 24.3 Å². The summed E-state index contributed by atoms with van der Waals surface area (Å²) in [5, 5.41) is 0. The third-order valence-electron chi connectivity index (χ3n) is 2.33. The van der Waals surface area contributed by atoms with Crippen LogP contribution in [0.1, 0.15) is 38.8 Å². The topological polar surface area (TPSA) is 35.2 Å². The minimum Gasteiger partial charge on any atom is -0.493 e.